The first-order chi connectivity index (χ1) is 13.9. The molecule has 0 unspecified atom stereocenters. The number of hydrogen-bond donors (Lipinski definition) is 1. The molecule has 1 N–H and O–H groups in total. The number of rotatable bonds is 7. The Morgan fingerprint density at radius 2 is 2.03 bits per heavy atom. The van der Waals surface area contributed by atoms with Gasteiger partial charge < -0.3 is 14.0 Å². The molecule has 152 valence electrons. The van der Waals surface area contributed by atoms with Crippen molar-refractivity contribution in [3.8, 4) is 5.75 Å². The monoisotopic (exact) mass is 397 g/mol. The predicted octanol–water partition coefficient (Wildman–Crippen LogP) is 2.79. The Morgan fingerprint density at radius 3 is 2.66 bits per heavy atom. The molecular weight excluding hydrogens is 374 g/mol. The van der Waals surface area contributed by atoms with Gasteiger partial charge in [-0.25, -0.2) is 9.78 Å². The van der Waals surface area contributed by atoms with Gasteiger partial charge in [-0.3, -0.25) is 14.8 Å². The van der Waals surface area contributed by atoms with Gasteiger partial charge in [0.25, 0.3) is 5.91 Å². The Bertz CT molecular complexity index is 1100. The molecule has 3 rings (SSSR count). The van der Waals surface area contributed by atoms with E-state index in [4.69, 9.17) is 9.47 Å². The summed E-state index contributed by atoms with van der Waals surface area (Å²) in [5.74, 6) is -0.0875. The molecule has 3 aromatic rings. The van der Waals surface area contributed by atoms with Gasteiger partial charge in [0.05, 0.1) is 31.0 Å². The molecule has 2 aromatic heterocycles. The Morgan fingerprint density at radius 1 is 1.28 bits per heavy atom. The van der Waals surface area contributed by atoms with Crippen LogP contribution in [-0.2, 0) is 17.8 Å². The normalized spacial score (nSPS) is 10.8. The van der Waals surface area contributed by atoms with E-state index in [2.05, 4.69) is 22.0 Å². The number of aryl methyl sites for hydroxylation is 2. The quantitative estimate of drug-likeness (QED) is 0.486. The first-order valence-corrected chi connectivity index (χ1v) is 9.06. The van der Waals surface area contributed by atoms with Crippen molar-refractivity contribution in [2.75, 3.05) is 19.5 Å². The second-order valence-electron chi connectivity index (χ2n) is 6.31. The zero-order chi connectivity index (χ0) is 21.1. The summed E-state index contributed by atoms with van der Waals surface area (Å²) >= 11 is 0. The highest BCUT2D eigenvalue weighted by molar-refractivity contribution is 6.04. The molecule has 2 heterocycles. The zero-order valence-corrected chi connectivity index (χ0v) is 16.9. The number of fused-ring (bicyclic) bond motifs is 1. The average molecular weight is 397 g/mol. The van der Waals surface area contributed by atoms with Crippen LogP contribution in [0, 0.1) is 6.92 Å². The van der Waals surface area contributed by atoms with Gasteiger partial charge in [0.15, 0.2) is 0 Å². The molecular formula is C20H23N5O4. The third-order valence-corrected chi connectivity index (χ3v) is 4.42. The molecule has 0 spiro atoms. The predicted molar refractivity (Wildman–Crippen MR) is 108 cm³/mol. The molecule has 0 aliphatic heterocycles. The topological polar surface area (TPSA) is 100 Å². The van der Waals surface area contributed by atoms with E-state index in [1.165, 1.54) is 14.2 Å². The zero-order valence-electron chi connectivity index (χ0n) is 16.9. The number of nitrogens with one attached hydrogen (secondary N) is 1. The lowest BCUT2D eigenvalue weighted by Crippen LogP contribution is -2.19. The summed E-state index contributed by atoms with van der Waals surface area (Å²) in [4.78, 5) is 29.3. The number of amides is 1. The second-order valence-corrected chi connectivity index (χ2v) is 6.31. The van der Waals surface area contributed by atoms with Gasteiger partial charge in [0.2, 0.25) is 5.95 Å². The fourth-order valence-corrected chi connectivity index (χ4v) is 3.16. The van der Waals surface area contributed by atoms with Gasteiger partial charge in [0, 0.05) is 13.1 Å². The number of aromatic nitrogens is 4. The molecule has 0 atom stereocenters. The van der Waals surface area contributed by atoms with E-state index >= 15 is 0 Å². The highest BCUT2D eigenvalue weighted by Crippen LogP contribution is 2.31. The summed E-state index contributed by atoms with van der Waals surface area (Å²) in [5, 5.41) is 7.14. The summed E-state index contributed by atoms with van der Waals surface area (Å²) in [5.41, 5.74) is 2.61. The fourth-order valence-electron chi connectivity index (χ4n) is 3.16. The number of nitrogens with zero attached hydrogens (tertiary/aromatic N) is 4. The van der Waals surface area contributed by atoms with E-state index < -0.39 is 5.97 Å². The van der Waals surface area contributed by atoms with Crippen molar-refractivity contribution in [2.24, 2.45) is 0 Å². The smallest absolute Gasteiger partial charge is 0.338 e. The van der Waals surface area contributed by atoms with Crippen molar-refractivity contribution >= 4 is 28.9 Å². The van der Waals surface area contributed by atoms with Crippen LogP contribution in [0.25, 0.3) is 11.0 Å². The lowest BCUT2D eigenvalue weighted by molar-refractivity contribution is 0.0600. The molecule has 9 heteroatoms. The number of esters is 1. The fraction of sp³-hybridized carbons (Fsp3) is 0.300. The van der Waals surface area contributed by atoms with Crippen molar-refractivity contribution in [3.63, 3.8) is 0 Å². The first kappa shape index (κ1) is 20.1. The summed E-state index contributed by atoms with van der Waals surface area (Å²) < 4.78 is 13.6. The highest BCUT2D eigenvalue weighted by atomic mass is 16.5. The minimum Gasteiger partial charge on any atom is -0.494 e. The number of anilines is 1. The minimum absolute atomic E-state index is 0.303. The molecule has 0 bridgehead atoms. The van der Waals surface area contributed by atoms with E-state index in [9.17, 15) is 9.59 Å². The largest absolute Gasteiger partial charge is 0.494 e. The maximum atomic E-state index is 12.9. The number of methoxy groups -OCH3 is 2. The number of imidazole rings is 1. The Balaban J connectivity index is 2.11. The summed E-state index contributed by atoms with van der Waals surface area (Å²) in [6.07, 6.45) is 1.69. The van der Waals surface area contributed by atoms with Crippen molar-refractivity contribution in [1.82, 2.24) is 19.3 Å². The van der Waals surface area contributed by atoms with E-state index in [1.807, 2.05) is 13.8 Å². The van der Waals surface area contributed by atoms with Crippen molar-refractivity contribution < 1.29 is 19.1 Å². The Hall–Kier alpha value is -3.62. The van der Waals surface area contributed by atoms with E-state index in [0.717, 1.165) is 5.69 Å². The number of hydrogen-bond acceptors (Lipinski definition) is 6. The van der Waals surface area contributed by atoms with Crippen LogP contribution in [0.15, 0.2) is 30.9 Å². The molecule has 1 amide bonds. The molecule has 0 saturated carbocycles. The molecule has 0 fully saturated rings. The number of carbonyl (C=O) groups excluding carboxylic acids is 2. The first-order valence-electron chi connectivity index (χ1n) is 9.06. The number of carbonyl (C=O) groups is 2. The summed E-state index contributed by atoms with van der Waals surface area (Å²) in [7, 11) is 2.81. The lowest BCUT2D eigenvalue weighted by atomic mass is 10.2. The van der Waals surface area contributed by atoms with Crippen molar-refractivity contribution in [1.29, 1.82) is 0 Å². The third kappa shape index (κ3) is 3.71. The molecule has 0 aliphatic carbocycles. The van der Waals surface area contributed by atoms with E-state index in [1.54, 1.807) is 33.5 Å². The van der Waals surface area contributed by atoms with Crippen LogP contribution in [0.2, 0.25) is 0 Å². The van der Waals surface area contributed by atoms with Crippen LogP contribution < -0.4 is 10.1 Å². The second kappa shape index (κ2) is 8.17. The Labute approximate surface area is 167 Å². The lowest BCUT2D eigenvalue weighted by Gasteiger charge is -2.11. The minimum atomic E-state index is -0.503. The summed E-state index contributed by atoms with van der Waals surface area (Å²) in [6.45, 7) is 8.46. The van der Waals surface area contributed by atoms with E-state index in [-0.39, 0.29) is 5.91 Å². The molecule has 0 aliphatic rings. The average Bonchev–Trinajstić information content (AvgIpc) is 3.27. The van der Waals surface area contributed by atoms with Crippen LogP contribution >= 0.6 is 0 Å². The maximum absolute atomic E-state index is 12.9. The molecule has 0 radical (unpaired) electrons. The van der Waals surface area contributed by atoms with Gasteiger partial charge in [-0.15, -0.1) is 6.58 Å². The van der Waals surface area contributed by atoms with Crippen LogP contribution in [0.3, 0.4) is 0 Å². The summed E-state index contributed by atoms with van der Waals surface area (Å²) in [6, 6.07) is 4.89. The molecule has 29 heavy (non-hydrogen) atoms. The number of benzene rings is 1. The SMILES string of the molecule is C=CCn1c(NC(=O)c2cc(C)nn2CC)nc2cc(C(=O)OC)cc(OC)c21. The van der Waals surface area contributed by atoms with Crippen molar-refractivity contribution in [2.45, 2.75) is 26.9 Å². The molecule has 0 saturated heterocycles. The highest BCUT2D eigenvalue weighted by Gasteiger charge is 2.21. The molecule has 1 aromatic carbocycles. The number of ether oxygens (including phenoxy) is 2. The maximum Gasteiger partial charge on any atom is 0.338 e. The number of allylic oxidation sites excluding steroid dienone is 1. The third-order valence-electron chi connectivity index (χ3n) is 4.42. The van der Waals surface area contributed by atoms with Gasteiger partial charge >= 0.3 is 5.97 Å². The molecule has 9 nitrogen and oxygen atoms in total. The van der Waals surface area contributed by atoms with Crippen LogP contribution in [0.4, 0.5) is 5.95 Å². The van der Waals surface area contributed by atoms with Gasteiger partial charge in [-0.2, -0.15) is 5.10 Å². The Kier molecular flexibility index (Phi) is 5.67. The van der Waals surface area contributed by atoms with Crippen LogP contribution in [0.5, 0.6) is 5.75 Å². The van der Waals surface area contributed by atoms with Crippen LogP contribution in [-0.4, -0.2) is 45.4 Å². The van der Waals surface area contributed by atoms with E-state index in [0.29, 0.717) is 47.1 Å². The van der Waals surface area contributed by atoms with Gasteiger partial charge in [0.1, 0.15) is 17.0 Å². The van der Waals surface area contributed by atoms with Gasteiger partial charge in [-0.05, 0) is 32.0 Å². The van der Waals surface area contributed by atoms with Gasteiger partial charge in [-0.1, -0.05) is 6.08 Å². The van der Waals surface area contributed by atoms with Crippen molar-refractivity contribution in [3.05, 3.63) is 47.8 Å². The van der Waals surface area contributed by atoms with Crippen LogP contribution in [0.1, 0.15) is 33.5 Å². The standard InChI is InChI=1S/C20H23N5O4/c1-6-8-24-17-14(10-13(19(27)29-5)11-16(17)28-4)21-20(24)22-18(26)15-9-12(3)23-25(15)7-2/h6,9-11H,1,7-8H2,2-5H3,(H,21,22,26).